The van der Waals surface area contributed by atoms with Crippen LogP contribution in [0.2, 0.25) is 0 Å². The Morgan fingerprint density at radius 3 is 2.50 bits per heavy atom. The highest BCUT2D eigenvalue weighted by Gasteiger charge is 2.31. The van der Waals surface area contributed by atoms with Crippen LogP contribution in [0.4, 0.5) is 5.69 Å². The molecule has 0 atom stereocenters. The van der Waals surface area contributed by atoms with Crippen LogP contribution in [0.3, 0.4) is 0 Å². The van der Waals surface area contributed by atoms with Crippen molar-refractivity contribution in [2.75, 3.05) is 32.7 Å². The van der Waals surface area contributed by atoms with Gasteiger partial charge in [0, 0.05) is 11.6 Å². The number of nitro groups is 1. The summed E-state index contributed by atoms with van der Waals surface area (Å²) in [5.74, 6) is 0. The Morgan fingerprint density at radius 1 is 1.32 bits per heavy atom. The van der Waals surface area contributed by atoms with Gasteiger partial charge in [-0.1, -0.05) is 13.0 Å². The highest BCUT2D eigenvalue weighted by molar-refractivity contribution is 7.89. The maximum absolute atomic E-state index is 12.6. The van der Waals surface area contributed by atoms with E-state index in [-0.39, 0.29) is 10.6 Å². The van der Waals surface area contributed by atoms with Gasteiger partial charge in [0.25, 0.3) is 5.69 Å². The van der Waals surface area contributed by atoms with Crippen molar-refractivity contribution >= 4 is 15.7 Å². The number of aryl methyl sites for hydroxylation is 1. The van der Waals surface area contributed by atoms with Crippen molar-refractivity contribution in [1.82, 2.24) is 4.31 Å². The van der Waals surface area contributed by atoms with Crippen LogP contribution >= 0.6 is 0 Å². The lowest BCUT2D eigenvalue weighted by molar-refractivity contribution is -0.903. The number of piperazine rings is 1. The lowest BCUT2D eigenvalue weighted by Crippen LogP contribution is -3.14. The largest absolute Gasteiger partial charge is 0.333 e. The minimum Gasteiger partial charge on any atom is -0.333 e. The van der Waals surface area contributed by atoms with Crippen LogP contribution in [0, 0.1) is 17.0 Å². The molecule has 0 bridgehead atoms. The summed E-state index contributed by atoms with van der Waals surface area (Å²) in [6.45, 7) is 7.23. The van der Waals surface area contributed by atoms with Crippen molar-refractivity contribution in [3.05, 3.63) is 33.9 Å². The van der Waals surface area contributed by atoms with Crippen LogP contribution in [-0.4, -0.2) is 50.4 Å². The third-order valence-corrected chi connectivity index (χ3v) is 5.94. The molecule has 2 rings (SSSR count). The zero-order chi connectivity index (χ0) is 16.3. The van der Waals surface area contributed by atoms with E-state index >= 15 is 0 Å². The van der Waals surface area contributed by atoms with Gasteiger partial charge in [0.1, 0.15) is 0 Å². The van der Waals surface area contributed by atoms with Gasteiger partial charge < -0.3 is 4.90 Å². The molecule has 0 spiro atoms. The summed E-state index contributed by atoms with van der Waals surface area (Å²) in [6.07, 6.45) is 1.08. The molecule has 0 unspecified atom stereocenters. The molecule has 1 aromatic rings. The number of hydrogen-bond acceptors (Lipinski definition) is 4. The van der Waals surface area contributed by atoms with Gasteiger partial charge in [0.05, 0.1) is 42.5 Å². The van der Waals surface area contributed by atoms with Crippen LogP contribution < -0.4 is 4.90 Å². The lowest BCUT2D eigenvalue weighted by Gasteiger charge is -2.31. The number of benzene rings is 1. The normalized spacial score (nSPS) is 17.5. The average molecular weight is 328 g/mol. The Hall–Kier alpha value is -1.51. The molecule has 1 saturated heterocycles. The second-order valence-corrected chi connectivity index (χ2v) is 7.55. The van der Waals surface area contributed by atoms with Gasteiger partial charge in [-0.2, -0.15) is 4.31 Å². The highest BCUT2D eigenvalue weighted by atomic mass is 32.2. The quantitative estimate of drug-likeness (QED) is 0.618. The first-order chi connectivity index (χ1) is 10.4. The third-order valence-electron chi connectivity index (χ3n) is 4.05. The summed E-state index contributed by atoms with van der Waals surface area (Å²) < 4.78 is 26.7. The van der Waals surface area contributed by atoms with Gasteiger partial charge in [0.2, 0.25) is 10.0 Å². The molecule has 0 amide bonds. The second kappa shape index (κ2) is 6.72. The number of nitrogens with one attached hydrogen (secondary N) is 1. The zero-order valence-electron chi connectivity index (χ0n) is 12.9. The number of hydrogen-bond donors (Lipinski definition) is 1. The maximum Gasteiger partial charge on any atom is 0.273 e. The molecule has 0 aliphatic carbocycles. The molecule has 0 saturated carbocycles. The molecule has 1 N–H and O–H groups in total. The maximum atomic E-state index is 12.6. The van der Waals surface area contributed by atoms with E-state index in [1.54, 1.807) is 6.92 Å². The van der Waals surface area contributed by atoms with Crippen molar-refractivity contribution in [1.29, 1.82) is 0 Å². The summed E-state index contributed by atoms with van der Waals surface area (Å²) >= 11 is 0. The fourth-order valence-corrected chi connectivity index (χ4v) is 4.20. The number of quaternary nitrogens is 1. The van der Waals surface area contributed by atoms with E-state index in [0.29, 0.717) is 18.7 Å². The molecule has 1 aliphatic rings. The molecular weight excluding hydrogens is 306 g/mol. The Bertz CT molecular complexity index is 652. The lowest BCUT2D eigenvalue weighted by atomic mass is 10.2. The molecule has 22 heavy (non-hydrogen) atoms. The predicted octanol–water partition coefficient (Wildman–Crippen LogP) is 0.202. The second-order valence-electron chi connectivity index (χ2n) is 5.61. The van der Waals surface area contributed by atoms with E-state index in [1.807, 2.05) is 0 Å². The van der Waals surface area contributed by atoms with E-state index in [1.165, 1.54) is 21.3 Å². The first kappa shape index (κ1) is 16.9. The molecule has 122 valence electrons. The van der Waals surface area contributed by atoms with E-state index < -0.39 is 14.9 Å². The van der Waals surface area contributed by atoms with Crippen LogP contribution in [0.25, 0.3) is 0 Å². The monoisotopic (exact) mass is 328 g/mol. The molecule has 1 aromatic carbocycles. The minimum absolute atomic E-state index is 0.00346. The van der Waals surface area contributed by atoms with Crippen molar-refractivity contribution in [2.24, 2.45) is 0 Å². The zero-order valence-corrected chi connectivity index (χ0v) is 13.7. The summed E-state index contributed by atoms with van der Waals surface area (Å²) in [7, 11) is -3.66. The van der Waals surface area contributed by atoms with Gasteiger partial charge in [-0.15, -0.1) is 0 Å². The van der Waals surface area contributed by atoms with Crippen LogP contribution in [0.5, 0.6) is 0 Å². The van der Waals surface area contributed by atoms with Crippen molar-refractivity contribution < 1.29 is 18.2 Å². The smallest absolute Gasteiger partial charge is 0.273 e. The number of nitro benzene ring substituents is 1. The van der Waals surface area contributed by atoms with Crippen LogP contribution in [-0.2, 0) is 10.0 Å². The Morgan fingerprint density at radius 2 is 1.95 bits per heavy atom. The molecule has 1 fully saturated rings. The van der Waals surface area contributed by atoms with Crippen molar-refractivity contribution in [3.63, 3.8) is 0 Å². The van der Waals surface area contributed by atoms with Gasteiger partial charge in [0.15, 0.2) is 0 Å². The van der Waals surface area contributed by atoms with E-state index in [0.717, 1.165) is 32.1 Å². The molecular formula is C14H22N3O4S+. The Balaban J connectivity index is 2.21. The van der Waals surface area contributed by atoms with E-state index in [2.05, 4.69) is 6.92 Å². The molecule has 1 heterocycles. The van der Waals surface area contributed by atoms with Crippen LogP contribution in [0.1, 0.15) is 18.9 Å². The first-order valence-corrected chi connectivity index (χ1v) is 8.89. The van der Waals surface area contributed by atoms with Crippen molar-refractivity contribution in [2.45, 2.75) is 25.2 Å². The van der Waals surface area contributed by atoms with Crippen molar-refractivity contribution in [3.8, 4) is 0 Å². The number of rotatable bonds is 5. The standard InChI is InChI=1S/C14H21N3O4S/c1-3-6-15-7-9-16(10-8-15)22(20,21)13-5-4-12(2)14(11-13)17(18)19/h4-5,11H,3,6-10H2,1-2H3/p+1. The Labute approximate surface area is 130 Å². The molecule has 0 radical (unpaired) electrons. The third kappa shape index (κ3) is 3.45. The number of sulfonamides is 1. The summed E-state index contributed by atoms with van der Waals surface area (Å²) in [6, 6.07) is 4.10. The highest BCUT2D eigenvalue weighted by Crippen LogP contribution is 2.24. The first-order valence-electron chi connectivity index (χ1n) is 7.45. The van der Waals surface area contributed by atoms with Gasteiger partial charge in [-0.3, -0.25) is 10.1 Å². The molecule has 7 nitrogen and oxygen atoms in total. The fraction of sp³-hybridized carbons (Fsp3) is 0.571. The number of nitrogens with zero attached hydrogens (tertiary/aromatic N) is 2. The molecule has 0 aromatic heterocycles. The van der Waals surface area contributed by atoms with Gasteiger partial charge in [-0.25, -0.2) is 8.42 Å². The summed E-state index contributed by atoms with van der Waals surface area (Å²) in [4.78, 5) is 11.9. The van der Waals surface area contributed by atoms with Crippen LogP contribution in [0.15, 0.2) is 23.1 Å². The van der Waals surface area contributed by atoms with E-state index in [4.69, 9.17) is 0 Å². The average Bonchev–Trinajstić information content (AvgIpc) is 2.48. The topological polar surface area (TPSA) is 85.0 Å². The van der Waals surface area contributed by atoms with Gasteiger partial charge in [-0.05, 0) is 19.4 Å². The summed E-state index contributed by atoms with van der Waals surface area (Å²) in [5, 5.41) is 11.0. The molecule has 1 aliphatic heterocycles. The van der Waals surface area contributed by atoms with Gasteiger partial charge >= 0.3 is 0 Å². The minimum atomic E-state index is -3.66. The van der Waals surface area contributed by atoms with E-state index in [9.17, 15) is 18.5 Å². The summed E-state index contributed by atoms with van der Waals surface area (Å²) in [5.41, 5.74) is 0.303. The molecule has 8 heteroatoms. The fourth-order valence-electron chi connectivity index (χ4n) is 2.74. The Kier molecular flexibility index (Phi) is 5.15. The predicted molar refractivity (Wildman–Crippen MR) is 82.4 cm³/mol. The SMILES string of the molecule is CCC[NH+]1CCN(S(=O)(=O)c2ccc(C)c([N+](=O)[O-])c2)CC1.